The second-order valence-electron chi connectivity index (χ2n) is 4.58. The van der Waals surface area contributed by atoms with Crippen molar-refractivity contribution < 1.29 is 4.39 Å². The van der Waals surface area contributed by atoms with Crippen LogP contribution < -0.4 is 5.32 Å². The molecule has 0 bridgehead atoms. The summed E-state index contributed by atoms with van der Waals surface area (Å²) >= 11 is 7.38. The van der Waals surface area contributed by atoms with Gasteiger partial charge in [0, 0.05) is 16.7 Å². The van der Waals surface area contributed by atoms with Crippen LogP contribution in [0.3, 0.4) is 0 Å². The minimum absolute atomic E-state index is 0.182. The average molecular weight is 310 g/mol. The van der Waals surface area contributed by atoms with Gasteiger partial charge in [0.2, 0.25) is 0 Å². The lowest BCUT2D eigenvalue weighted by Crippen LogP contribution is -2.11. The molecule has 2 aromatic carbocycles. The Morgan fingerprint density at radius 3 is 2.55 bits per heavy atom. The van der Waals surface area contributed by atoms with E-state index in [9.17, 15) is 4.39 Å². The highest BCUT2D eigenvalue weighted by Crippen LogP contribution is 2.27. The first kappa shape index (κ1) is 15.4. The van der Waals surface area contributed by atoms with E-state index in [0.717, 1.165) is 4.90 Å². The van der Waals surface area contributed by atoms with Gasteiger partial charge in [-0.05, 0) is 43.3 Å². The fourth-order valence-electron chi connectivity index (χ4n) is 1.84. The molecule has 0 aliphatic carbocycles. The van der Waals surface area contributed by atoms with Crippen LogP contribution in [0.1, 0.15) is 24.1 Å². The van der Waals surface area contributed by atoms with Gasteiger partial charge in [-0.25, -0.2) is 4.39 Å². The normalized spacial score (nSPS) is 12.4. The summed E-state index contributed by atoms with van der Waals surface area (Å²) in [7, 11) is 1.94. The Morgan fingerprint density at radius 1 is 1.20 bits per heavy atom. The van der Waals surface area contributed by atoms with E-state index in [1.165, 1.54) is 5.56 Å². The van der Waals surface area contributed by atoms with Crippen LogP contribution in [0.4, 0.5) is 4.39 Å². The quantitative estimate of drug-likeness (QED) is 0.775. The zero-order valence-electron chi connectivity index (χ0n) is 11.5. The molecule has 0 heterocycles. The lowest BCUT2D eigenvalue weighted by molar-refractivity contribution is 0.618. The monoisotopic (exact) mass is 309 g/mol. The summed E-state index contributed by atoms with van der Waals surface area (Å²) in [5.74, 6) is 0.259. The molecule has 2 rings (SSSR count). The maximum atomic E-state index is 13.8. The molecule has 1 N–H and O–H groups in total. The van der Waals surface area contributed by atoms with Crippen LogP contribution in [0.25, 0.3) is 0 Å². The van der Waals surface area contributed by atoms with Crippen molar-refractivity contribution in [1.82, 2.24) is 5.32 Å². The Balaban J connectivity index is 2.02. The van der Waals surface area contributed by atoms with Crippen molar-refractivity contribution in [3.05, 3.63) is 64.4 Å². The number of benzene rings is 2. The lowest BCUT2D eigenvalue weighted by Gasteiger charge is -2.11. The fourth-order valence-corrected chi connectivity index (χ4v) is 2.91. The summed E-state index contributed by atoms with van der Waals surface area (Å²) in [6.07, 6.45) is 0. The average Bonchev–Trinajstić information content (AvgIpc) is 2.48. The van der Waals surface area contributed by atoms with Gasteiger partial charge in [0.25, 0.3) is 0 Å². The number of hydrogen-bond acceptors (Lipinski definition) is 2. The van der Waals surface area contributed by atoms with Gasteiger partial charge in [-0.1, -0.05) is 35.9 Å². The van der Waals surface area contributed by atoms with Crippen molar-refractivity contribution in [1.29, 1.82) is 0 Å². The van der Waals surface area contributed by atoms with Gasteiger partial charge >= 0.3 is 0 Å². The molecule has 0 aromatic heterocycles. The van der Waals surface area contributed by atoms with Gasteiger partial charge in [-0.3, -0.25) is 0 Å². The second-order valence-corrected chi connectivity index (χ2v) is 6.04. The Bertz CT molecular complexity index is 571. The summed E-state index contributed by atoms with van der Waals surface area (Å²) in [6, 6.07) is 13.8. The summed E-state index contributed by atoms with van der Waals surface area (Å²) < 4.78 is 13.8. The van der Waals surface area contributed by atoms with Crippen molar-refractivity contribution in [2.45, 2.75) is 23.6 Å². The van der Waals surface area contributed by atoms with Gasteiger partial charge in [-0.2, -0.15) is 0 Å². The Morgan fingerprint density at radius 2 is 1.90 bits per heavy atom. The van der Waals surface area contributed by atoms with E-state index in [-0.39, 0.29) is 10.8 Å². The topological polar surface area (TPSA) is 12.0 Å². The van der Waals surface area contributed by atoms with Gasteiger partial charge in [0.1, 0.15) is 5.82 Å². The van der Waals surface area contributed by atoms with E-state index < -0.39 is 0 Å². The minimum atomic E-state index is -0.318. The first-order valence-corrected chi connectivity index (χ1v) is 7.81. The Kier molecular flexibility index (Phi) is 5.46. The van der Waals surface area contributed by atoms with Gasteiger partial charge in [0.15, 0.2) is 0 Å². The molecule has 20 heavy (non-hydrogen) atoms. The summed E-state index contributed by atoms with van der Waals surface area (Å²) in [4.78, 5) is 1.12. The number of thioether (sulfide) groups is 1. The van der Waals surface area contributed by atoms with Gasteiger partial charge in [-0.15, -0.1) is 11.8 Å². The maximum Gasteiger partial charge on any atom is 0.145 e. The van der Waals surface area contributed by atoms with E-state index >= 15 is 0 Å². The molecular formula is C16H17ClFNS. The molecule has 1 nitrogen and oxygen atoms in total. The first-order valence-electron chi connectivity index (χ1n) is 6.44. The van der Waals surface area contributed by atoms with Crippen LogP contribution in [-0.2, 0) is 5.75 Å². The third-order valence-corrected chi connectivity index (χ3v) is 4.59. The molecule has 106 valence electrons. The van der Waals surface area contributed by atoms with Crippen LogP contribution in [-0.4, -0.2) is 7.05 Å². The van der Waals surface area contributed by atoms with Crippen LogP contribution in [0, 0.1) is 5.82 Å². The van der Waals surface area contributed by atoms with E-state index in [0.29, 0.717) is 17.4 Å². The van der Waals surface area contributed by atoms with E-state index in [1.54, 1.807) is 30.0 Å². The third kappa shape index (κ3) is 3.75. The van der Waals surface area contributed by atoms with Crippen LogP contribution in [0.5, 0.6) is 0 Å². The van der Waals surface area contributed by atoms with Crippen molar-refractivity contribution in [3.63, 3.8) is 0 Å². The van der Waals surface area contributed by atoms with Crippen LogP contribution in [0.15, 0.2) is 47.4 Å². The largest absolute Gasteiger partial charge is 0.313 e. The number of halogens is 2. The third-order valence-electron chi connectivity index (χ3n) is 3.24. The molecule has 0 radical (unpaired) electrons. The van der Waals surface area contributed by atoms with Crippen LogP contribution in [0.2, 0.25) is 5.02 Å². The van der Waals surface area contributed by atoms with Crippen molar-refractivity contribution in [2.24, 2.45) is 0 Å². The molecule has 4 heteroatoms. The predicted octanol–water partition coefficient (Wildman–Crippen LogP) is 5.05. The van der Waals surface area contributed by atoms with E-state index in [1.807, 2.05) is 7.05 Å². The lowest BCUT2D eigenvalue weighted by atomic mass is 10.1. The molecule has 0 spiro atoms. The van der Waals surface area contributed by atoms with E-state index in [2.05, 4.69) is 36.5 Å². The zero-order chi connectivity index (χ0) is 14.5. The molecule has 0 saturated heterocycles. The molecule has 0 aliphatic rings. The summed E-state index contributed by atoms with van der Waals surface area (Å²) in [5.41, 5.74) is 1.88. The van der Waals surface area contributed by atoms with Gasteiger partial charge < -0.3 is 5.32 Å². The van der Waals surface area contributed by atoms with Crippen molar-refractivity contribution >= 4 is 23.4 Å². The fraction of sp³-hybridized carbons (Fsp3) is 0.250. The Hall–Kier alpha value is -1.03. The van der Waals surface area contributed by atoms with Crippen molar-refractivity contribution in [3.8, 4) is 0 Å². The SMILES string of the molecule is CNC(C)c1ccc(SCc2cccc(Cl)c2F)cc1. The molecule has 2 aromatic rings. The summed E-state index contributed by atoms with van der Waals surface area (Å²) in [5, 5.41) is 3.38. The molecule has 0 aliphatic heterocycles. The summed E-state index contributed by atoms with van der Waals surface area (Å²) in [6.45, 7) is 2.11. The number of hydrogen-bond donors (Lipinski definition) is 1. The first-order chi connectivity index (χ1) is 9.61. The number of nitrogens with one attached hydrogen (secondary N) is 1. The van der Waals surface area contributed by atoms with Crippen molar-refractivity contribution in [2.75, 3.05) is 7.05 Å². The molecular weight excluding hydrogens is 293 g/mol. The van der Waals surface area contributed by atoms with Crippen LogP contribution >= 0.6 is 23.4 Å². The Labute approximate surface area is 128 Å². The highest BCUT2D eigenvalue weighted by Gasteiger charge is 2.07. The molecule has 0 fully saturated rings. The molecule has 1 unspecified atom stereocenters. The molecule has 0 amide bonds. The zero-order valence-corrected chi connectivity index (χ0v) is 13.1. The molecule has 1 atom stereocenters. The highest BCUT2D eigenvalue weighted by atomic mass is 35.5. The van der Waals surface area contributed by atoms with Gasteiger partial charge in [0.05, 0.1) is 5.02 Å². The number of rotatable bonds is 5. The highest BCUT2D eigenvalue weighted by molar-refractivity contribution is 7.98. The standard InChI is InChI=1S/C16H17ClFNS/c1-11(19-2)12-6-8-14(9-7-12)20-10-13-4-3-5-15(17)16(13)18/h3-9,11,19H,10H2,1-2H3. The molecule has 0 saturated carbocycles. The second kappa shape index (κ2) is 7.11. The maximum absolute atomic E-state index is 13.8. The smallest absolute Gasteiger partial charge is 0.145 e. The predicted molar refractivity (Wildman–Crippen MR) is 84.9 cm³/mol. The minimum Gasteiger partial charge on any atom is -0.313 e. The van der Waals surface area contributed by atoms with E-state index in [4.69, 9.17) is 11.6 Å².